The largest absolute Gasteiger partial charge is 0.355 e. The molecule has 140 valence electrons. The summed E-state index contributed by atoms with van der Waals surface area (Å²) in [5.74, 6) is 0.408. The first-order chi connectivity index (χ1) is 12.6. The van der Waals surface area contributed by atoms with E-state index in [9.17, 15) is 9.59 Å². The van der Waals surface area contributed by atoms with Gasteiger partial charge in [0.25, 0.3) is 0 Å². The van der Waals surface area contributed by atoms with Crippen LogP contribution in [0.2, 0.25) is 0 Å². The van der Waals surface area contributed by atoms with Crippen LogP contribution < -0.4 is 15.5 Å². The van der Waals surface area contributed by atoms with E-state index in [2.05, 4.69) is 23.6 Å². The summed E-state index contributed by atoms with van der Waals surface area (Å²) in [6, 6.07) is 8.35. The zero-order valence-electron chi connectivity index (χ0n) is 15.5. The lowest BCUT2D eigenvalue weighted by molar-refractivity contribution is -0.135. The number of fused-ring (bicyclic) bond motifs is 1. The molecule has 0 aromatic heterocycles. The maximum Gasteiger partial charge on any atom is 0.231 e. The number of para-hydroxylation sites is 1. The molecule has 5 heteroatoms. The molecular weight excluding hydrogens is 326 g/mol. The zero-order chi connectivity index (χ0) is 18.1. The maximum atomic E-state index is 13.4. The van der Waals surface area contributed by atoms with Crippen LogP contribution in [0.25, 0.3) is 0 Å². The Morgan fingerprint density at radius 3 is 2.62 bits per heavy atom. The minimum atomic E-state index is -0.183. The molecule has 3 unspecified atom stereocenters. The van der Waals surface area contributed by atoms with E-state index in [1.165, 1.54) is 5.56 Å². The first-order valence-corrected chi connectivity index (χ1v) is 10.0. The second-order valence-electron chi connectivity index (χ2n) is 8.16. The van der Waals surface area contributed by atoms with E-state index < -0.39 is 0 Å². The average molecular weight is 355 g/mol. The number of nitrogens with one attached hydrogen (secondary N) is 2. The first kappa shape index (κ1) is 17.5. The molecule has 0 spiro atoms. The number of anilines is 1. The normalized spacial score (nSPS) is 28.3. The van der Waals surface area contributed by atoms with Gasteiger partial charge < -0.3 is 15.5 Å². The van der Waals surface area contributed by atoms with Crippen molar-refractivity contribution in [1.82, 2.24) is 10.6 Å². The monoisotopic (exact) mass is 355 g/mol. The third kappa shape index (κ3) is 3.25. The van der Waals surface area contributed by atoms with E-state index in [4.69, 9.17) is 0 Å². The number of benzene rings is 1. The van der Waals surface area contributed by atoms with Crippen molar-refractivity contribution >= 4 is 17.5 Å². The molecule has 4 rings (SSSR count). The van der Waals surface area contributed by atoms with Crippen LogP contribution in [0, 0.1) is 17.8 Å². The highest BCUT2D eigenvalue weighted by atomic mass is 16.2. The van der Waals surface area contributed by atoms with E-state index in [-0.39, 0.29) is 29.7 Å². The summed E-state index contributed by atoms with van der Waals surface area (Å²) < 4.78 is 0. The summed E-state index contributed by atoms with van der Waals surface area (Å²) in [6.45, 7) is 4.80. The number of hydrogen-bond acceptors (Lipinski definition) is 3. The number of carbonyl (C=O) groups is 2. The summed E-state index contributed by atoms with van der Waals surface area (Å²) in [6.07, 6.45) is 4.64. The molecule has 1 aliphatic carbocycles. The van der Waals surface area contributed by atoms with Gasteiger partial charge in [0, 0.05) is 43.2 Å². The molecule has 1 aromatic carbocycles. The van der Waals surface area contributed by atoms with Crippen LogP contribution in [0.1, 0.15) is 38.2 Å². The fourth-order valence-corrected chi connectivity index (χ4v) is 4.69. The number of rotatable bonds is 4. The van der Waals surface area contributed by atoms with Gasteiger partial charge in [-0.15, -0.1) is 0 Å². The van der Waals surface area contributed by atoms with Gasteiger partial charge in [-0.05, 0) is 37.8 Å². The fraction of sp³-hybridized carbons (Fsp3) is 0.619. The Morgan fingerprint density at radius 1 is 1.15 bits per heavy atom. The molecule has 26 heavy (non-hydrogen) atoms. The fourth-order valence-electron chi connectivity index (χ4n) is 4.69. The van der Waals surface area contributed by atoms with Gasteiger partial charge in [0.2, 0.25) is 11.8 Å². The van der Waals surface area contributed by atoms with Crippen molar-refractivity contribution in [3.8, 4) is 0 Å². The number of amides is 2. The Kier molecular flexibility index (Phi) is 4.98. The predicted molar refractivity (Wildman–Crippen MR) is 102 cm³/mol. The van der Waals surface area contributed by atoms with Gasteiger partial charge in [0.1, 0.15) is 0 Å². The molecule has 0 bridgehead atoms. The quantitative estimate of drug-likeness (QED) is 0.870. The molecule has 1 saturated carbocycles. The molecule has 2 heterocycles. The Balaban J connectivity index is 1.48. The minimum Gasteiger partial charge on any atom is -0.355 e. The molecule has 2 fully saturated rings. The highest BCUT2D eigenvalue weighted by Gasteiger charge is 2.41. The molecule has 3 aliphatic rings. The highest BCUT2D eigenvalue weighted by Crippen LogP contribution is 2.38. The number of nitrogens with zero attached hydrogens (tertiary/aromatic N) is 1. The van der Waals surface area contributed by atoms with Crippen LogP contribution in [0.4, 0.5) is 5.69 Å². The van der Waals surface area contributed by atoms with Gasteiger partial charge in [-0.25, -0.2) is 0 Å². The topological polar surface area (TPSA) is 61.4 Å². The van der Waals surface area contributed by atoms with Crippen LogP contribution in [0.15, 0.2) is 24.3 Å². The van der Waals surface area contributed by atoms with E-state index >= 15 is 0 Å². The van der Waals surface area contributed by atoms with Crippen LogP contribution >= 0.6 is 0 Å². The van der Waals surface area contributed by atoms with Gasteiger partial charge >= 0.3 is 0 Å². The van der Waals surface area contributed by atoms with Crippen molar-refractivity contribution in [2.24, 2.45) is 17.8 Å². The van der Waals surface area contributed by atoms with Gasteiger partial charge in [0.15, 0.2) is 0 Å². The number of hydrogen-bond donors (Lipinski definition) is 2. The molecule has 5 nitrogen and oxygen atoms in total. The summed E-state index contributed by atoms with van der Waals surface area (Å²) in [7, 11) is 0. The Bertz CT molecular complexity index is 686. The lowest BCUT2D eigenvalue weighted by Crippen LogP contribution is -2.51. The molecule has 1 saturated heterocycles. The first-order valence-electron chi connectivity index (χ1n) is 10.0. The summed E-state index contributed by atoms with van der Waals surface area (Å²) in [5.41, 5.74) is 2.28. The third-order valence-electron chi connectivity index (χ3n) is 6.30. The Hall–Kier alpha value is -1.88. The lowest BCUT2D eigenvalue weighted by atomic mass is 9.77. The Morgan fingerprint density at radius 2 is 1.88 bits per heavy atom. The smallest absolute Gasteiger partial charge is 0.231 e. The van der Waals surface area contributed by atoms with Crippen LogP contribution in [0.5, 0.6) is 0 Å². The van der Waals surface area contributed by atoms with Crippen molar-refractivity contribution in [3.63, 3.8) is 0 Å². The van der Waals surface area contributed by atoms with E-state index in [1.807, 2.05) is 23.1 Å². The van der Waals surface area contributed by atoms with E-state index in [0.717, 1.165) is 57.4 Å². The molecule has 0 radical (unpaired) electrons. The van der Waals surface area contributed by atoms with Crippen LogP contribution in [0.3, 0.4) is 0 Å². The predicted octanol–water partition coefficient (Wildman–Crippen LogP) is 2.11. The second kappa shape index (κ2) is 7.39. The third-order valence-corrected chi connectivity index (χ3v) is 6.30. The molecule has 3 atom stereocenters. The van der Waals surface area contributed by atoms with Crippen molar-refractivity contribution < 1.29 is 9.59 Å². The van der Waals surface area contributed by atoms with Crippen molar-refractivity contribution in [2.75, 3.05) is 24.5 Å². The maximum absolute atomic E-state index is 13.4. The Labute approximate surface area is 155 Å². The summed E-state index contributed by atoms with van der Waals surface area (Å²) in [4.78, 5) is 28.2. The summed E-state index contributed by atoms with van der Waals surface area (Å²) in [5, 5.41) is 6.34. The van der Waals surface area contributed by atoms with Gasteiger partial charge in [-0.2, -0.15) is 0 Å². The number of carbonyl (C=O) groups excluding carboxylic acids is 2. The van der Waals surface area contributed by atoms with Gasteiger partial charge in [0.05, 0.1) is 5.92 Å². The van der Waals surface area contributed by atoms with Gasteiger partial charge in [-0.1, -0.05) is 31.0 Å². The molecule has 2 amide bonds. The average Bonchev–Trinajstić information content (AvgIpc) is 2.95. The van der Waals surface area contributed by atoms with Crippen molar-refractivity contribution in [2.45, 2.75) is 45.1 Å². The SMILES string of the molecule is CC1Cc2ccccc2N1C(=O)C1CCCCC1C(=O)NCC1CNC1. The zero-order valence-corrected chi connectivity index (χ0v) is 15.5. The van der Waals surface area contributed by atoms with Crippen LogP contribution in [-0.4, -0.2) is 37.5 Å². The second-order valence-corrected chi connectivity index (χ2v) is 8.16. The minimum absolute atomic E-state index is 0.0788. The standard InChI is InChI=1S/C21H29N3O2/c1-14-10-16-6-2-5-9-19(16)24(14)21(26)18-8-4-3-7-17(18)20(25)23-13-15-11-22-12-15/h2,5-6,9,14-15,17-18,22H,3-4,7-8,10-13H2,1H3,(H,23,25). The molecule has 2 N–H and O–H groups in total. The van der Waals surface area contributed by atoms with E-state index in [0.29, 0.717) is 5.92 Å². The highest BCUT2D eigenvalue weighted by molar-refractivity contribution is 6.00. The van der Waals surface area contributed by atoms with Crippen molar-refractivity contribution in [1.29, 1.82) is 0 Å². The molecular formula is C21H29N3O2. The van der Waals surface area contributed by atoms with Crippen molar-refractivity contribution in [3.05, 3.63) is 29.8 Å². The lowest BCUT2D eigenvalue weighted by Gasteiger charge is -2.35. The van der Waals surface area contributed by atoms with Gasteiger partial charge in [-0.3, -0.25) is 9.59 Å². The molecule has 2 aliphatic heterocycles. The van der Waals surface area contributed by atoms with Crippen LogP contribution in [-0.2, 0) is 16.0 Å². The molecule has 1 aromatic rings. The summed E-state index contributed by atoms with van der Waals surface area (Å²) >= 11 is 0. The van der Waals surface area contributed by atoms with E-state index in [1.54, 1.807) is 0 Å².